The van der Waals surface area contributed by atoms with Crippen LogP contribution in [0.2, 0.25) is 0 Å². The summed E-state index contributed by atoms with van der Waals surface area (Å²) in [4.78, 5) is 4.27. The zero-order valence-electron chi connectivity index (χ0n) is 12.5. The molecule has 3 atom stereocenters. The third-order valence-electron chi connectivity index (χ3n) is 4.09. The molecule has 0 saturated carbocycles. The van der Waals surface area contributed by atoms with E-state index in [-0.39, 0.29) is 0 Å². The third kappa shape index (κ3) is 3.14. The standard InChI is InChI=1S/C16H22N4S/c1-3-8-17-15-13-7-5-4-6-12(13)11(2)9-14(15)21-16-18-10-19-20-16/h4-7,10-11,14-15,17H,3,8-9H2,1-2H3,(H,18,19,20). The number of nitrogens with zero attached hydrogens (tertiary/aromatic N) is 2. The molecule has 4 nitrogen and oxygen atoms in total. The quantitative estimate of drug-likeness (QED) is 0.887. The van der Waals surface area contributed by atoms with Crippen LogP contribution in [0.15, 0.2) is 35.7 Å². The molecule has 0 saturated heterocycles. The van der Waals surface area contributed by atoms with Gasteiger partial charge in [0.15, 0.2) is 5.16 Å². The zero-order valence-corrected chi connectivity index (χ0v) is 13.4. The Balaban J connectivity index is 1.88. The summed E-state index contributed by atoms with van der Waals surface area (Å²) in [5.74, 6) is 0.585. The summed E-state index contributed by atoms with van der Waals surface area (Å²) in [6, 6.07) is 9.22. The SMILES string of the molecule is CCCNC1c2ccccc2C(C)CC1Sc1ncn[nH]1. The van der Waals surface area contributed by atoms with Gasteiger partial charge in [0.2, 0.25) is 0 Å². The van der Waals surface area contributed by atoms with Crippen LogP contribution in [0.4, 0.5) is 0 Å². The van der Waals surface area contributed by atoms with Crippen molar-refractivity contribution in [1.29, 1.82) is 0 Å². The van der Waals surface area contributed by atoms with Gasteiger partial charge in [0.1, 0.15) is 6.33 Å². The van der Waals surface area contributed by atoms with Crippen LogP contribution in [0.25, 0.3) is 0 Å². The van der Waals surface area contributed by atoms with Crippen molar-refractivity contribution in [1.82, 2.24) is 20.5 Å². The van der Waals surface area contributed by atoms with Crippen molar-refractivity contribution in [2.24, 2.45) is 0 Å². The topological polar surface area (TPSA) is 53.6 Å². The molecule has 3 unspecified atom stereocenters. The molecule has 1 aromatic carbocycles. The van der Waals surface area contributed by atoms with Gasteiger partial charge in [0.25, 0.3) is 0 Å². The van der Waals surface area contributed by atoms with Gasteiger partial charge in [-0.15, -0.1) is 0 Å². The lowest BCUT2D eigenvalue weighted by atomic mass is 9.80. The summed E-state index contributed by atoms with van der Waals surface area (Å²) < 4.78 is 0. The molecule has 0 bridgehead atoms. The number of nitrogens with one attached hydrogen (secondary N) is 2. The van der Waals surface area contributed by atoms with Crippen molar-refractivity contribution >= 4 is 11.8 Å². The lowest BCUT2D eigenvalue weighted by molar-refractivity contribution is 0.444. The molecule has 112 valence electrons. The van der Waals surface area contributed by atoms with Crippen LogP contribution < -0.4 is 5.32 Å². The molecule has 0 aliphatic heterocycles. The predicted octanol–water partition coefficient (Wildman–Crippen LogP) is 3.51. The van der Waals surface area contributed by atoms with E-state index in [4.69, 9.17) is 0 Å². The van der Waals surface area contributed by atoms with Crippen LogP contribution >= 0.6 is 11.8 Å². The molecular weight excluding hydrogens is 280 g/mol. The van der Waals surface area contributed by atoms with Crippen molar-refractivity contribution in [3.05, 3.63) is 41.7 Å². The number of rotatable bonds is 5. The maximum atomic E-state index is 4.27. The van der Waals surface area contributed by atoms with Crippen LogP contribution in [0, 0.1) is 0 Å². The fourth-order valence-corrected chi connectivity index (χ4v) is 4.37. The van der Waals surface area contributed by atoms with Gasteiger partial charge < -0.3 is 5.32 Å². The highest BCUT2D eigenvalue weighted by molar-refractivity contribution is 7.99. The molecule has 1 aromatic heterocycles. The van der Waals surface area contributed by atoms with E-state index in [1.807, 2.05) is 0 Å². The number of benzene rings is 1. The summed E-state index contributed by atoms with van der Waals surface area (Å²) in [7, 11) is 0. The smallest absolute Gasteiger partial charge is 0.183 e. The Morgan fingerprint density at radius 2 is 2.14 bits per heavy atom. The predicted molar refractivity (Wildman–Crippen MR) is 86.5 cm³/mol. The Bertz CT molecular complexity index is 569. The number of aromatic nitrogens is 3. The summed E-state index contributed by atoms with van der Waals surface area (Å²) in [6.45, 7) is 5.58. The molecule has 0 spiro atoms. The van der Waals surface area contributed by atoms with E-state index >= 15 is 0 Å². The first-order chi connectivity index (χ1) is 10.3. The van der Waals surface area contributed by atoms with Crippen LogP contribution in [-0.2, 0) is 0 Å². The van der Waals surface area contributed by atoms with Crippen LogP contribution in [0.3, 0.4) is 0 Å². The van der Waals surface area contributed by atoms with Crippen molar-refractivity contribution in [3.8, 4) is 0 Å². The van der Waals surface area contributed by atoms with E-state index in [2.05, 4.69) is 58.6 Å². The molecule has 2 aromatic rings. The molecule has 1 aliphatic rings. The number of thioether (sulfide) groups is 1. The zero-order chi connectivity index (χ0) is 14.7. The highest BCUT2D eigenvalue weighted by atomic mass is 32.2. The van der Waals surface area contributed by atoms with E-state index < -0.39 is 0 Å². The molecule has 21 heavy (non-hydrogen) atoms. The minimum absolute atomic E-state index is 0.382. The summed E-state index contributed by atoms with van der Waals surface area (Å²) in [5.41, 5.74) is 2.93. The van der Waals surface area contributed by atoms with Crippen LogP contribution in [0.1, 0.15) is 49.8 Å². The fraction of sp³-hybridized carbons (Fsp3) is 0.500. The Labute approximate surface area is 130 Å². The molecule has 0 amide bonds. The van der Waals surface area contributed by atoms with E-state index in [1.165, 1.54) is 11.1 Å². The molecular formula is C16H22N4S. The van der Waals surface area contributed by atoms with Gasteiger partial charge >= 0.3 is 0 Å². The molecule has 1 aliphatic carbocycles. The van der Waals surface area contributed by atoms with E-state index in [0.717, 1.165) is 24.5 Å². The second kappa shape index (κ2) is 6.62. The molecule has 0 fully saturated rings. The normalized spacial score (nSPS) is 24.8. The average molecular weight is 302 g/mol. The molecule has 5 heteroatoms. The minimum Gasteiger partial charge on any atom is -0.309 e. The van der Waals surface area contributed by atoms with E-state index in [1.54, 1.807) is 18.1 Å². The van der Waals surface area contributed by atoms with Crippen molar-refractivity contribution in [2.45, 2.75) is 49.1 Å². The van der Waals surface area contributed by atoms with E-state index in [0.29, 0.717) is 17.2 Å². The molecule has 1 heterocycles. The largest absolute Gasteiger partial charge is 0.309 e. The van der Waals surface area contributed by atoms with Gasteiger partial charge in [-0.2, -0.15) is 5.10 Å². The highest BCUT2D eigenvalue weighted by Gasteiger charge is 2.33. The maximum absolute atomic E-state index is 4.27. The van der Waals surface area contributed by atoms with Gasteiger partial charge in [-0.05, 0) is 36.4 Å². The summed E-state index contributed by atoms with van der Waals surface area (Å²) in [5, 5.41) is 12.1. The number of fused-ring (bicyclic) bond motifs is 1. The van der Waals surface area contributed by atoms with Gasteiger partial charge in [-0.1, -0.05) is 49.9 Å². The second-order valence-corrected chi connectivity index (χ2v) is 6.87. The summed E-state index contributed by atoms with van der Waals surface area (Å²) >= 11 is 1.81. The Morgan fingerprint density at radius 3 is 2.86 bits per heavy atom. The first kappa shape index (κ1) is 14.6. The summed E-state index contributed by atoms with van der Waals surface area (Å²) in [6.07, 6.45) is 3.88. The molecule has 3 rings (SSSR count). The van der Waals surface area contributed by atoms with Crippen molar-refractivity contribution in [3.63, 3.8) is 0 Å². The number of hydrogen-bond donors (Lipinski definition) is 2. The first-order valence-corrected chi connectivity index (χ1v) is 8.51. The van der Waals surface area contributed by atoms with Gasteiger partial charge in [-0.3, -0.25) is 5.10 Å². The highest BCUT2D eigenvalue weighted by Crippen LogP contribution is 2.44. The van der Waals surface area contributed by atoms with Gasteiger partial charge in [0, 0.05) is 11.3 Å². The average Bonchev–Trinajstić information content (AvgIpc) is 3.00. The first-order valence-electron chi connectivity index (χ1n) is 7.63. The number of H-pyrrole nitrogens is 1. The Hall–Kier alpha value is -1.33. The van der Waals surface area contributed by atoms with Crippen LogP contribution in [-0.4, -0.2) is 27.0 Å². The number of aromatic amines is 1. The molecule has 0 radical (unpaired) electrons. The van der Waals surface area contributed by atoms with E-state index in [9.17, 15) is 0 Å². The second-order valence-electron chi connectivity index (χ2n) is 5.64. The van der Waals surface area contributed by atoms with Gasteiger partial charge in [-0.25, -0.2) is 4.98 Å². The Kier molecular flexibility index (Phi) is 4.60. The monoisotopic (exact) mass is 302 g/mol. The lowest BCUT2D eigenvalue weighted by Gasteiger charge is -2.36. The lowest BCUT2D eigenvalue weighted by Crippen LogP contribution is -2.35. The van der Waals surface area contributed by atoms with Gasteiger partial charge in [0.05, 0.1) is 0 Å². The number of hydrogen-bond acceptors (Lipinski definition) is 4. The Morgan fingerprint density at radius 1 is 1.33 bits per heavy atom. The van der Waals surface area contributed by atoms with Crippen molar-refractivity contribution in [2.75, 3.05) is 6.54 Å². The molecule has 2 N–H and O–H groups in total. The van der Waals surface area contributed by atoms with Crippen LogP contribution in [0.5, 0.6) is 0 Å². The third-order valence-corrected chi connectivity index (χ3v) is 5.28. The maximum Gasteiger partial charge on any atom is 0.183 e. The fourth-order valence-electron chi connectivity index (χ4n) is 3.11. The minimum atomic E-state index is 0.382. The van der Waals surface area contributed by atoms with Crippen molar-refractivity contribution < 1.29 is 0 Å².